The fourth-order valence-corrected chi connectivity index (χ4v) is 1.18. The molecule has 0 fully saturated rings. The molecule has 0 atom stereocenters. The predicted octanol–water partition coefficient (Wildman–Crippen LogP) is 1.87. The molecule has 1 heterocycles. The second-order valence-electron chi connectivity index (χ2n) is 3.30. The molecule has 1 aromatic carbocycles. The molecule has 0 unspecified atom stereocenters. The average molecular weight is 217 g/mol. The smallest absolute Gasteiger partial charge is 0.238 e. The van der Waals surface area contributed by atoms with Gasteiger partial charge in [0.05, 0.1) is 5.69 Å². The highest BCUT2D eigenvalue weighted by atomic mass is 16.5. The Labute approximate surface area is 92.5 Å². The summed E-state index contributed by atoms with van der Waals surface area (Å²) in [6.07, 6.45) is 0. The summed E-state index contributed by atoms with van der Waals surface area (Å²) in [6, 6.07) is 8.25. The topological polar surface area (TPSA) is 81.3 Å². The van der Waals surface area contributed by atoms with Crippen LogP contribution < -0.4 is 10.5 Å². The molecule has 0 aliphatic heterocycles. The summed E-state index contributed by atoms with van der Waals surface area (Å²) < 4.78 is 5.39. The lowest BCUT2D eigenvalue weighted by Crippen LogP contribution is -1.95. The summed E-state index contributed by atoms with van der Waals surface area (Å²) in [6.45, 7) is 1.83. The molecule has 1 aromatic heterocycles. The number of aromatic hydroxyl groups is 1. The molecule has 0 saturated heterocycles. The summed E-state index contributed by atoms with van der Waals surface area (Å²) in [5, 5.41) is 17.1. The van der Waals surface area contributed by atoms with Gasteiger partial charge >= 0.3 is 0 Å². The van der Waals surface area contributed by atoms with Gasteiger partial charge in [0.25, 0.3) is 0 Å². The summed E-state index contributed by atoms with van der Waals surface area (Å²) in [7, 11) is 0. The zero-order valence-corrected chi connectivity index (χ0v) is 8.71. The normalized spacial score (nSPS) is 10.1. The number of phenols is 1. The van der Waals surface area contributed by atoms with Gasteiger partial charge in [0.15, 0.2) is 5.75 Å². The summed E-state index contributed by atoms with van der Waals surface area (Å²) in [5.41, 5.74) is 6.62. The van der Waals surface area contributed by atoms with E-state index in [1.165, 1.54) is 6.07 Å². The van der Waals surface area contributed by atoms with Crippen molar-refractivity contribution in [3.8, 4) is 17.4 Å². The first-order valence-electron chi connectivity index (χ1n) is 4.72. The number of para-hydroxylation sites is 1. The van der Waals surface area contributed by atoms with Crippen LogP contribution in [-0.2, 0) is 0 Å². The summed E-state index contributed by atoms with van der Waals surface area (Å²) >= 11 is 0. The van der Waals surface area contributed by atoms with Crippen molar-refractivity contribution >= 4 is 5.69 Å². The zero-order valence-electron chi connectivity index (χ0n) is 8.71. The highest BCUT2D eigenvalue weighted by Gasteiger charge is 2.06. The number of ether oxygens (including phenoxy) is 1. The van der Waals surface area contributed by atoms with Crippen LogP contribution >= 0.6 is 0 Å². The number of phenolic OH excluding ortho intramolecular Hbond substituents is 1. The highest BCUT2D eigenvalue weighted by Crippen LogP contribution is 2.32. The van der Waals surface area contributed by atoms with Crippen molar-refractivity contribution in [3.63, 3.8) is 0 Å². The number of benzene rings is 1. The van der Waals surface area contributed by atoms with Gasteiger partial charge in [-0.3, -0.25) is 0 Å². The fraction of sp³-hybridized carbons (Fsp3) is 0.0909. The molecule has 5 heteroatoms. The van der Waals surface area contributed by atoms with Gasteiger partial charge in [-0.2, -0.15) is 5.10 Å². The third kappa shape index (κ3) is 2.03. The van der Waals surface area contributed by atoms with Crippen LogP contribution in [0.1, 0.15) is 5.69 Å². The van der Waals surface area contributed by atoms with E-state index in [0.717, 1.165) is 5.69 Å². The van der Waals surface area contributed by atoms with Crippen LogP contribution in [0, 0.1) is 6.92 Å². The zero-order chi connectivity index (χ0) is 11.5. The van der Waals surface area contributed by atoms with Crippen LogP contribution in [0.3, 0.4) is 0 Å². The maximum atomic E-state index is 9.38. The van der Waals surface area contributed by atoms with Crippen LogP contribution in [0.4, 0.5) is 5.69 Å². The van der Waals surface area contributed by atoms with Crippen LogP contribution in [0.25, 0.3) is 0 Å². The number of rotatable bonds is 2. The van der Waals surface area contributed by atoms with Crippen molar-refractivity contribution < 1.29 is 9.84 Å². The monoisotopic (exact) mass is 217 g/mol. The molecule has 2 aromatic rings. The molecule has 0 bridgehead atoms. The van der Waals surface area contributed by atoms with Gasteiger partial charge in [0.1, 0.15) is 11.4 Å². The molecule has 16 heavy (non-hydrogen) atoms. The second-order valence-corrected chi connectivity index (χ2v) is 3.30. The van der Waals surface area contributed by atoms with Crippen molar-refractivity contribution in [1.82, 2.24) is 10.2 Å². The van der Waals surface area contributed by atoms with Gasteiger partial charge in [0, 0.05) is 6.07 Å². The maximum Gasteiger partial charge on any atom is 0.238 e. The second kappa shape index (κ2) is 4.06. The van der Waals surface area contributed by atoms with Gasteiger partial charge in [-0.15, -0.1) is 5.10 Å². The quantitative estimate of drug-likeness (QED) is 0.592. The number of nitrogens with zero attached hydrogens (tertiary/aromatic N) is 2. The molecule has 0 radical (unpaired) electrons. The van der Waals surface area contributed by atoms with E-state index in [-0.39, 0.29) is 11.4 Å². The van der Waals surface area contributed by atoms with Crippen molar-refractivity contribution in [2.24, 2.45) is 0 Å². The Morgan fingerprint density at radius 3 is 2.69 bits per heavy atom. The third-order valence-corrected chi connectivity index (χ3v) is 2.03. The molecule has 82 valence electrons. The molecule has 0 aliphatic rings. The SMILES string of the molecule is Cc1ccc(Oc2cccc(O)c2N)nn1. The lowest BCUT2D eigenvalue weighted by molar-refractivity contribution is 0.444. The first-order chi connectivity index (χ1) is 7.66. The first kappa shape index (κ1) is 10.2. The van der Waals surface area contributed by atoms with Crippen LogP contribution in [0.2, 0.25) is 0 Å². The van der Waals surface area contributed by atoms with E-state index < -0.39 is 0 Å². The van der Waals surface area contributed by atoms with Gasteiger partial charge in [-0.1, -0.05) is 6.07 Å². The molecule has 0 saturated carbocycles. The first-order valence-corrected chi connectivity index (χ1v) is 4.72. The Hall–Kier alpha value is -2.30. The van der Waals surface area contributed by atoms with Crippen molar-refractivity contribution in [2.45, 2.75) is 6.92 Å². The third-order valence-electron chi connectivity index (χ3n) is 2.03. The van der Waals surface area contributed by atoms with Crippen LogP contribution in [0.15, 0.2) is 30.3 Å². The van der Waals surface area contributed by atoms with E-state index in [4.69, 9.17) is 10.5 Å². The fourth-order valence-electron chi connectivity index (χ4n) is 1.18. The number of hydrogen-bond donors (Lipinski definition) is 2. The Morgan fingerprint density at radius 2 is 2.00 bits per heavy atom. The largest absolute Gasteiger partial charge is 0.506 e. The molecule has 5 nitrogen and oxygen atoms in total. The van der Waals surface area contributed by atoms with Gasteiger partial charge in [-0.05, 0) is 25.1 Å². The molecular formula is C11H11N3O2. The van der Waals surface area contributed by atoms with Crippen LogP contribution in [0.5, 0.6) is 17.4 Å². The Morgan fingerprint density at radius 1 is 1.19 bits per heavy atom. The molecular weight excluding hydrogens is 206 g/mol. The lowest BCUT2D eigenvalue weighted by atomic mass is 10.3. The number of nitrogen functional groups attached to an aromatic ring is 1. The average Bonchev–Trinajstić information content (AvgIpc) is 2.28. The predicted molar refractivity (Wildman–Crippen MR) is 59.4 cm³/mol. The highest BCUT2D eigenvalue weighted by molar-refractivity contribution is 5.62. The lowest BCUT2D eigenvalue weighted by Gasteiger charge is -2.07. The Kier molecular flexibility index (Phi) is 2.59. The Balaban J connectivity index is 2.27. The van der Waals surface area contributed by atoms with Crippen LogP contribution in [-0.4, -0.2) is 15.3 Å². The number of aromatic nitrogens is 2. The molecule has 3 N–H and O–H groups in total. The maximum absolute atomic E-state index is 9.38. The van der Waals surface area contributed by atoms with Crippen molar-refractivity contribution in [2.75, 3.05) is 5.73 Å². The Bertz CT molecular complexity index is 497. The molecule has 0 amide bonds. The van der Waals surface area contributed by atoms with Gasteiger partial charge < -0.3 is 15.6 Å². The summed E-state index contributed by atoms with van der Waals surface area (Å²) in [5.74, 6) is 0.679. The summed E-state index contributed by atoms with van der Waals surface area (Å²) in [4.78, 5) is 0. The van der Waals surface area contributed by atoms with E-state index in [1.54, 1.807) is 24.3 Å². The van der Waals surface area contributed by atoms with E-state index in [2.05, 4.69) is 10.2 Å². The molecule has 0 spiro atoms. The van der Waals surface area contributed by atoms with Gasteiger partial charge in [0.2, 0.25) is 5.88 Å². The molecule has 0 aliphatic carbocycles. The van der Waals surface area contributed by atoms with Gasteiger partial charge in [-0.25, -0.2) is 0 Å². The van der Waals surface area contributed by atoms with E-state index in [9.17, 15) is 5.11 Å². The van der Waals surface area contributed by atoms with E-state index >= 15 is 0 Å². The van der Waals surface area contributed by atoms with Crippen molar-refractivity contribution in [3.05, 3.63) is 36.0 Å². The van der Waals surface area contributed by atoms with E-state index in [0.29, 0.717) is 11.6 Å². The minimum Gasteiger partial charge on any atom is -0.506 e. The minimum atomic E-state index is -0.0161. The minimum absolute atomic E-state index is 0.0161. The standard InChI is InChI=1S/C11H11N3O2/c1-7-5-6-10(14-13-7)16-9-4-2-3-8(15)11(9)12/h2-6,15H,12H2,1H3. The molecule has 2 rings (SSSR count). The number of nitrogens with two attached hydrogens (primary N) is 1. The number of hydrogen-bond acceptors (Lipinski definition) is 5. The number of anilines is 1. The number of aryl methyl sites for hydroxylation is 1. The van der Waals surface area contributed by atoms with Crippen molar-refractivity contribution in [1.29, 1.82) is 0 Å². The van der Waals surface area contributed by atoms with E-state index in [1.807, 2.05) is 6.92 Å².